The van der Waals surface area contributed by atoms with E-state index >= 15 is 0 Å². The summed E-state index contributed by atoms with van der Waals surface area (Å²) in [6.45, 7) is 0. The van der Waals surface area contributed by atoms with E-state index in [2.05, 4.69) is 0 Å². The first-order valence-electron chi connectivity index (χ1n) is 2.72. The van der Waals surface area contributed by atoms with Gasteiger partial charge in [-0.25, -0.2) is 0 Å². The minimum absolute atomic E-state index is 0.183. The van der Waals surface area contributed by atoms with Crippen LogP contribution in [0.15, 0.2) is 12.1 Å². The van der Waals surface area contributed by atoms with E-state index in [4.69, 9.17) is 0 Å². The van der Waals surface area contributed by atoms with Crippen LogP contribution in [0.5, 0.6) is 0 Å². The van der Waals surface area contributed by atoms with Gasteiger partial charge in [-0.1, -0.05) is 0 Å². The first kappa shape index (κ1) is 7.75. The Hall–Kier alpha value is -0.354. The number of rotatable bonds is 0. The summed E-state index contributed by atoms with van der Waals surface area (Å²) in [6, 6.07) is 2.05. The van der Waals surface area contributed by atoms with Gasteiger partial charge < -0.3 is 0 Å². The van der Waals surface area contributed by atoms with Crippen LogP contribution < -0.4 is 4.12 Å². The van der Waals surface area contributed by atoms with E-state index in [9.17, 15) is 13.2 Å². The molecular weight excluding hydrogens is 199 g/mol. The summed E-state index contributed by atoms with van der Waals surface area (Å²) in [5.74, 6) is -3.57. The molecule has 0 aliphatic rings. The number of hydrogen-bond donors (Lipinski definition) is 0. The number of hydrogen-bond acceptors (Lipinski definition) is 0. The van der Waals surface area contributed by atoms with E-state index in [-0.39, 0.29) is 18.6 Å². The van der Waals surface area contributed by atoms with E-state index in [1.54, 1.807) is 0 Å². The van der Waals surface area contributed by atoms with Gasteiger partial charge in [-0.15, -0.1) is 0 Å². The van der Waals surface area contributed by atoms with E-state index in [1.165, 1.54) is 0 Å². The van der Waals surface area contributed by atoms with Crippen LogP contribution in [0.4, 0.5) is 13.2 Å². The third kappa shape index (κ3) is 1.38. The van der Waals surface area contributed by atoms with Gasteiger partial charge in [0.15, 0.2) is 0 Å². The Kier molecular flexibility index (Phi) is 2.10. The zero-order valence-electron chi connectivity index (χ0n) is 5.29. The summed E-state index contributed by atoms with van der Waals surface area (Å²) in [4.78, 5) is 0. The molecule has 0 heterocycles. The molecule has 10 heavy (non-hydrogen) atoms. The Morgan fingerprint density at radius 3 is 1.80 bits per heavy atom. The zero-order chi connectivity index (χ0) is 7.72. The molecule has 0 saturated carbocycles. The van der Waals surface area contributed by atoms with E-state index in [1.807, 2.05) is 0 Å². The molecule has 1 aromatic carbocycles. The van der Waals surface area contributed by atoms with Crippen molar-refractivity contribution in [1.29, 1.82) is 0 Å². The topological polar surface area (TPSA) is 0 Å². The third-order valence-corrected chi connectivity index (χ3v) is 2.34. The van der Waals surface area contributed by atoms with Gasteiger partial charge in [-0.2, -0.15) is 0 Å². The molecule has 0 fully saturated rings. The summed E-state index contributed by atoms with van der Waals surface area (Å²) in [5, 5.41) is 0. The van der Waals surface area contributed by atoms with Gasteiger partial charge in [0.1, 0.15) is 0 Å². The molecule has 0 aromatic heterocycles. The molecule has 0 bridgehead atoms. The molecule has 0 aliphatic carbocycles. The SMILES string of the molecule is Fc1c[c]([GaH2])cc(F)c1F. The molecule has 52 valence electrons. The maximum absolute atomic E-state index is 12.3. The predicted molar refractivity (Wildman–Crippen MR) is 34.5 cm³/mol. The van der Waals surface area contributed by atoms with Gasteiger partial charge in [0, 0.05) is 0 Å². The van der Waals surface area contributed by atoms with Crippen molar-refractivity contribution in [2.24, 2.45) is 0 Å². The average Bonchev–Trinajstić information content (AvgIpc) is 1.82. The van der Waals surface area contributed by atoms with Crippen molar-refractivity contribution in [3.8, 4) is 0 Å². The first-order chi connectivity index (χ1) is 4.61. The second-order valence-corrected chi connectivity index (χ2v) is 4.47. The molecule has 0 radical (unpaired) electrons. The van der Waals surface area contributed by atoms with Crippen molar-refractivity contribution in [2.75, 3.05) is 0 Å². The molecule has 0 unspecified atom stereocenters. The van der Waals surface area contributed by atoms with Crippen LogP contribution in [0.2, 0.25) is 0 Å². The normalized spacial score (nSPS) is 9.90. The quantitative estimate of drug-likeness (QED) is 0.421. The molecule has 0 N–H and O–H groups in total. The molecule has 0 amide bonds. The van der Waals surface area contributed by atoms with Crippen molar-refractivity contribution in [3.05, 3.63) is 29.6 Å². The van der Waals surface area contributed by atoms with Crippen LogP contribution in [-0.2, 0) is 0 Å². The Balaban J connectivity index is 3.31. The Labute approximate surface area is 66.0 Å². The van der Waals surface area contributed by atoms with Gasteiger partial charge in [0.25, 0.3) is 0 Å². The van der Waals surface area contributed by atoms with Crippen molar-refractivity contribution in [3.63, 3.8) is 0 Å². The van der Waals surface area contributed by atoms with E-state index in [0.717, 1.165) is 12.1 Å². The van der Waals surface area contributed by atoms with Gasteiger partial charge in [-0.05, 0) is 0 Å². The molecule has 0 spiro atoms. The van der Waals surface area contributed by atoms with Gasteiger partial charge in [0.2, 0.25) is 0 Å². The fraction of sp³-hybridized carbons (Fsp3) is 0. The van der Waals surface area contributed by atoms with Crippen LogP contribution in [0.1, 0.15) is 0 Å². The molecule has 0 saturated heterocycles. The van der Waals surface area contributed by atoms with Crippen LogP contribution in [0.25, 0.3) is 0 Å². The van der Waals surface area contributed by atoms with Gasteiger partial charge in [-0.3, -0.25) is 0 Å². The third-order valence-electron chi connectivity index (χ3n) is 1.13. The minimum atomic E-state index is -1.38. The van der Waals surface area contributed by atoms with E-state index in [0.29, 0.717) is 4.12 Å². The average molecular weight is 203 g/mol. The van der Waals surface area contributed by atoms with Crippen LogP contribution in [0, 0.1) is 17.5 Å². The fourth-order valence-corrected chi connectivity index (χ4v) is 1.75. The molecule has 0 aliphatic heterocycles. The Morgan fingerprint density at radius 2 is 1.40 bits per heavy atom. The summed E-state index contributed by atoms with van der Waals surface area (Å²) in [6.07, 6.45) is 0. The van der Waals surface area contributed by atoms with Crippen molar-refractivity contribution < 1.29 is 13.2 Å². The van der Waals surface area contributed by atoms with Crippen LogP contribution in [0.3, 0.4) is 0 Å². The molecule has 1 rings (SSSR count). The Bertz CT molecular complexity index is 236. The van der Waals surface area contributed by atoms with Crippen LogP contribution >= 0.6 is 0 Å². The predicted octanol–water partition coefficient (Wildman–Crippen LogP) is 0.362. The summed E-state index contributed by atoms with van der Waals surface area (Å²) in [7, 11) is 0. The number of benzene rings is 1. The monoisotopic (exact) mass is 202 g/mol. The van der Waals surface area contributed by atoms with Gasteiger partial charge in [0.05, 0.1) is 0 Å². The standard InChI is InChI=1S/C6H2F3.Ga.2H/c7-4-2-1-3-5(8)6(4)9;;;/h2-3H;;;. The summed E-state index contributed by atoms with van der Waals surface area (Å²) < 4.78 is 37.3. The fourth-order valence-electron chi connectivity index (χ4n) is 0.682. The molecule has 1 aromatic rings. The van der Waals surface area contributed by atoms with Crippen molar-refractivity contribution in [2.45, 2.75) is 0 Å². The van der Waals surface area contributed by atoms with E-state index < -0.39 is 17.5 Å². The van der Waals surface area contributed by atoms with Crippen LogP contribution in [-0.4, -0.2) is 18.6 Å². The Morgan fingerprint density at radius 1 is 1.00 bits per heavy atom. The summed E-state index contributed by atoms with van der Waals surface area (Å²) in [5.41, 5.74) is 0. The van der Waals surface area contributed by atoms with Crippen molar-refractivity contribution in [1.82, 2.24) is 0 Å². The van der Waals surface area contributed by atoms with Crippen molar-refractivity contribution >= 4 is 22.7 Å². The molecular formula is C6H4F3Ga. The molecule has 0 nitrogen and oxygen atoms in total. The number of halogens is 3. The zero-order valence-corrected chi connectivity index (χ0v) is 9.48. The summed E-state index contributed by atoms with van der Waals surface area (Å²) >= 11 is 0.183. The van der Waals surface area contributed by atoms with Gasteiger partial charge >= 0.3 is 65.5 Å². The second-order valence-electron chi connectivity index (χ2n) is 2.04. The second kappa shape index (κ2) is 2.71. The molecule has 4 heteroatoms. The first-order valence-corrected chi connectivity index (χ1v) is 4.82. The maximum atomic E-state index is 12.3. The molecule has 0 atom stereocenters.